The van der Waals surface area contributed by atoms with E-state index in [1.807, 2.05) is 12.1 Å². The van der Waals surface area contributed by atoms with Crippen LogP contribution < -0.4 is 10.7 Å². The molecule has 1 aliphatic rings. The van der Waals surface area contributed by atoms with Gasteiger partial charge in [-0.1, -0.05) is 23.7 Å². The van der Waals surface area contributed by atoms with Crippen LogP contribution in [0.3, 0.4) is 0 Å². The number of nitrogens with zero attached hydrogens (tertiary/aromatic N) is 1. The van der Waals surface area contributed by atoms with Crippen LogP contribution in [0.2, 0.25) is 5.02 Å². The fourth-order valence-corrected chi connectivity index (χ4v) is 1.44. The lowest BCUT2D eigenvalue weighted by atomic mass is 10.2. The van der Waals surface area contributed by atoms with Crippen molar-refractivity contribution in [3.8, 4) is 0 Å². The molecule has 14 heavy (non-hydrogen) atoms. The van der Waals surface area contributed by atoms with Gasteiger partial charge >= 0.3 is 6.03 Å². The van der Waals surface area contributed by atoms with Crippen LogP contribution in [0.25, 0.3) is 0 Å². The number of halogens is 1. The van der Waals surface area contributed by atoms with E-state index in [2.05, 4.69) is 10.7 Å². The predicted molar refractivity (Wildman–Crippen MR) is 53.6 cm³/mol. The van der Waals surface area contributed by atoms with Crippen molar-refractivity contribution < 1.29 is 4.79 Å². The van der Waals surface area contributed by atoms with Gasteiger partial charge in [-0.15, -0.1) is 0 Å². The van der Waals surface area contributed by atoms with Crippen molar-refractivity contribution in [1.29, 1.82) is 0 Å². The molecule has 0 spiro atoms. The first kappa shape index (κ1) is 9.30. The summed E-state index contributed by atoms with van der Waals surface area (Å²) in [6.07, 6.45) is -0.162. The van der Waals surface area contributed by atoms with Gasteiger partial charge in [0, 0.05) is 12.1 Å². The van der Waals surface area contributed by atoms with E-state index in [1.54, 1.807) is 19.2 Å². The van der Waals surface area contributed by atoms with Gasteiger partial charge in [0.25, 0.3) is 0 Å². The lowest BCUT2D eigenvalue weighted by Crippen LogP contribution is -2.30. The summed E-state index contributed by atoms with van der Waals surface area (Å²) in [5.74, 6) is 0. The number of urea groups is 1. The van der Waals surface area contributed by atoms with Gasteiger partial charge < -0.3 is 5.32 Å². The second-order valence-corrected chi connectivity index (χ2v) is 3.56. The molecule has 0 radical (unpaired) electrons. The summed E-state index contributed by atoms with van der Waals surface area (Å²) in [6, 6.07) is 7.20. The minimum absolute atomic E-state index is 0.134. The van der Waals surface area contributed by atoms with E-state index >= 15 is 0 Å². The topological polar surface area (TPSA) is 44.4 Å². The Balaban J connectivity index is 2.17. The van der Waals surface area contributed by atoms with Crippen molar-refractivity contribution >= 4 is 17.6 Å². The summed E-state index contributed by atoms with van der Waals surface area (Å²) in [6.45, 7) is 0. The SMILES string of the molecule is CN1NC(c2ccc(Cl)cc2)NC1=O. The van der Waals surface area contributed by atoms with Crippen molar-refractivity contribution in [2.45, 2.75) is 6.17 Å². The van der Waals surface area contributed by atoms with E-state index in [1.165, 1.54) is 5.01 Å². The quantitative estimate of drug-likeness (QED) is 0.740. The number of hydrogen-bond donors (Lipinski definition) is 2. The predicted octanol–water partition coefficient (Wildman–Crippen LogP) is 1.50. The Kier molecular flexibility index (Phi) is 2.31. The Bertz CT molecular complexity index is 352. The highest BCUT2D eigenvalue weighted by Crippen LogP contribution is 2.17. The van der Waals surface area contributed by atoms with Crippen LogP contribution in [0.1, 0.15) is 11.7 Å². The van der Waals surface area contributed by atoms with Gasteiger partial charge in [0.05, 0.1) is 0 Å². The first-order valence-corrected chi connectivity index (χ1v) is 4.60. The first-order valence-electron chi connectivity index (χ1n) is 4.22. The van der Waals surface area contributed by atoms with Crippen LogP contribution in [0.4, 0.5) is 4.79 Å². The van der Waals surface area contributed by atoms with Crippen molar-refractivity contribution in [2.24, 2.45) is 0 Å². The molecule has 0 aliphatic carbocycles. The van der Waals surface area contributed by atoms with E-state index in [0.717, 1.165) is 5.56 Å². The van der Waals surface area contributed by atoms with E-state index in [4.69, 9.17) is 11.6 Å². The van der Waals surface area contributed by atoms with Gasteiger partial charge in [-0.2, -0.15) is 0 Å². The number of hydrogen-bond acceptors (Lipinski definition) is 2. The Hall–Kier alpha value is -1.26. The number of amides is 2. The van der Waals surface area contributed by atoms with Gasteiger partial charge in [-0.25, -0.2) is 10.2 Å². The fourth-order valence-electron chi connectivity index (χ4n) is 1.32. The smallest absolute Gasteiger partial charge is 0.316 e. The number of carbonyl (C=O) groups excluding carboxylic acids is 1. The average Bonchev–Trinajstić information content (AvgIpc) is 2.48. The third-order valence-electron chi connectivity index (χ3n) is 2.10. The normalized spacial score (nSPS) is 21.1. The second kappa shape index (κ2) is 3.48. The highest BCUT2D eigenvalue weighted by Gasteiger charge is 2.25. The largest absolute Gasteiger partial charge is 0.333 e. The van der Waals surface area contributed by atoms with Crippen LogP contribution >= 0.6 is 11.6 Å². The number of hydrazine groups is 1. The molecule has 1 aromatic carbocycles. The number of nitrogens with one attached hydrogen (secondary N) is 2. The Morgan fingerprint density at radius 3 is 2.50 bits per heavy atom. The zero-order valence-electron chi connectivity index (χ0n) is 7.62. The van der Waals surface area contributed by atoms with Gasteiger partial charge in [0.15, 0.2) is 0 Å². The Morgan fingerprint density at radius 1 is 1.36 bits per heavy atom. The van der Waals surface area contributed by atoms with Crippen LogP contribution in [0.5, 0.6) is 0 Å². The molecule has 2 N–H and O–H groups in total. The molecule has 1 atom stereocenters. The van der Waals surface area contributed by atoms with Crippen molar-refractivity contribution in [3.63, 3.8) is 0 Å². The molecular formula is C9H10ClN3O. The number of rotatable bonds is 1. The van der Waals surface area contributed by atoms with Gasteiger partial charge in [-0.05, 0) is 17.7 Å². The van der Waals surface area contributed by atoms with Crippen LogP contribution in [-0.4, -0.2) is 18.1 Å². The van der Waals surface area contributed by atoms with E-state index in [9.17, 15) is 4.79 Å². The molecule has 2 amide bonds. The number of carbonyl (C=O) groups is 1. The van der Waals surface area contributed by atoms with E-state index in [-0.39, 0.29) is 12.2 Å². The molecule has 74 valence electrons. The minimum Gasteiger partial charge on any atom is -0.316 e. The molecule has 0 bridgehead atoms. The Morgan fingerprint density at radius 2 is 2.00 bits per heavy atom. The molecule has 1 aromatic rings. The zero-order valence-corrected chi connectivity index (χ0v) is 8.38. The molecule has 1 heterocycles. The lowest BCUT2D eigenvalue weighted by Gasteiger charge is -2.11. The molecule has 0 saturated carbocycles. The molecule has 5 heteroatoms. The van der Waals surface area contributed by atoms with Gasteiger partial charge in [0.2, 0.25) is 0 Å². The van der Waals surface area contributed by atoms with Crippen molar-refractivity contribution in [1.82, 2.24) is 15.8 Å². The molecule has 0 aromatic heterocycles. The Labute approximate surface area is 86.8 Å². The summed E-state index contributed by atoms with van der Waals surface area (Å²) in [4.78, 5) is 11.2. The average molecular weight is 212 g/mol. The summed E-state index contributed by atoms with van der Waals surface area (Å²) < 4.78 is 0. The molecular weight excluding hydrogens is 202 g/mol. The monoisotopic (exact) mass is 211 g/mol. The maximum Gasteiger partial charge on any atom is 0.333 e. The fraction of sp³-hybridized carbons (Fsp3) is 0.222. The van der Waals surface area contributed by atoms with Gasteiger partial charge in [-0.3, -0.25) is 5.01 Å². The van der Waals surface area contributed by atoms with Crippen LogP contribution in [0.15, 0.2) is 24.3 Å². The highest BCUT2D eigenvalue weighted by molar-refractivity contribution is 6.30. The summed E-state index contributed by atoms with van der Waals surface area (Å²) in [7, 11) is 1.67. The van der Waals surface area contributed by atoms with Crippen LogP contribution in [-0.2, 0) is 0 Å². The van der Waals surface area contributed by atoms with Crippen molar-refractivity contribution in [2.75, 3.05) is 7.05 Å². The van der Waals surface area contributed by atoms with Crippen LogP contribution in [0, 0.1) is 0 Å². The third-order valence-corrected chi connectivity index (χ3v) is 2.35. The zero-order chi connectivity index (χ0) is 10.1. The molecule has 4 nitrogen and oxygen atoms in total. The summed E-state index contributed by atoms with van der Waals surface area (Å²) in [5.41, 5.74) is 3.95. The molecule has 1 unspecified atom stereocenters. The van der Waals surface area contributed by atoms with Gasteiger partial charge in [0.1, 0.15) is 6.17 Å². The van der Waals surface area contributed by atoms with E-state index in [0.29, 0.717) is 5.02 Å². The second-order valence-electron chi connectivity index (χ2n) is 3.12. The highest BCUT2D eigenvalue weighted by atomic mass is 35.5. The minimum atomic E-state index is -0.162. The lowest BCUT2D eigenvalue weighted by molar-refractivity contribution is 0.213. The van der Waals surface area contributed by atoms with Crippen molar-refractivity contribution in [3.05, 3.63) is 34.9 Å². The third kappa shape index (κ3) is 1.66. The molecule has 1 fully saturated rings. The van der Waals surface area contributed by atoms with E-state index < -0.39 is 0 Å². The summed E-state index contributed by atoms with van der Waals surface area (Å²) >= 11 is 5.76. The molecule has 1 aliphatic heterocycles. The molecule has 2 rings (SSSR count). The standard InChI is InChI=1S/C9H10ClN3O/c1-13-9(14)11-8(12-13)6-2-4-7(10)5-3-6/h2-5,8,12H,1H3,(H,11,14). The first-order chi connectivity index (χ1) is 6.66. The maximum absolute atomic E-state index is 11.2. The molecule has 1 saturated heterocycles. The number of benzene rings is 1. The summed E-state index contributed by atoms with van der Waals surface area (Å²) in [5, 5.41) is 4.87. The maximum atomic E-state index is 11.2.